The molecule has 31 heavy (non-hydrogen) atoms. The number of likely N-dealkylation sites (tertiary alicyclic amines) is 1. The van der Waals surface area contributed by atoms with Crippen LogP contribution in [0.25, 0.3) is 5.57 Å². The van der Waals surface area contributed by atoms with E-state index < -0.39 is 11.9 Å². The SMILES string of the molecule is C=C(C)c1cccc(C(C)(C)NC(O)NC2=CC3C4=CCCC=C4N(CC)C3C=C2)c1. The normalized spacial score (nSPS) is 23.4. The van der Waals surface area contributed by atoms with Crippen molar-refractivity contribution in [2.45, 2.75) is 58.5 Å². The molecular formula is C27H35N3O. The van der Waals surface area contributed by atoms with E-state index in [-0.39, 0.29) is 0 Å². The van der Waals surface area contributed by atoms with Crippen molar-refractivity contribution in [2.24, 2.45) is 5.92 Å². The average molecular weight is 418 g/mol. The molecule has 4 nitrogen and oxygen atoms in total. The number of hydrogen-bond acceptors (Lipinski definition) is 4. The first kappa shape index (κ1) is 21.7. The molecule has 1 aromatic carbocycles. The third-order valence-electron chi connectivity index (χ3n) is 6.61. The second-order valence-corrected chi connectivity index (χ2v) is 9.29. The molecular weight excluding hydrogens is 382 g/mol. The van der Waals surface area contributed by atoms with E-state index in [4.69, 9.17) is 0 Å². The van der Waals surface area contributed by atoms with Crippen molar-refractivity contribution < 1.29 is 5.11 Å². The van der Waals surface area contributed by atoms with Crippen LogP contribution in [0.2, 0.25) is 0 Å². The Morgan fingerprint density at radius 1 is 1.29 bits per heavy atom. The molecule has 1 saturated heterocycles. The van der Waals surface area contributed by atoms with E-state index in [0.29, 0.717) is 12.0 Å². The standard InChI is InChI=1S/C27H35N3O/c1-6-30-24-13-8-7-12-22(24)23-17-21(14-15-25(23)30)28-26(31)29-27(4,5)20-11-9-10-19(16-20)18(2)3/h9-17,23,25-26,28-29,31H,2,6-8H2,1,3-5H3. The molecule has 1 aromatic rings. The molecule has 3 aliphatic rings. The molecule has 0 radical (unpaired) electrons. The van der Waals surface area contributed by atoms with Crippen molar-refractivity contribution in [3.63, 3.8) is 0 Å². The van der Waals surface area contributed by atoms with Crippen molar-refractivity contribution in [1.29, 1.82) is 0 Å². The Morgan fingerprint density at radius 2 is 2.06 bits per heavy atom. The highest BCUT2D eigenvalue weighted by Gasteiger charge is 2.39. The van der Waals surface area contributed by atoms with Gasteiger partial charge in [-0.25, -0.2) is 0 Å². The maximum Gasteiger partial charge on any atom is 0.182 e. The Labute approximate surface area is 186 Å². The summed E-state index contributed by atoms with van der Waals surface area (Å²) >= 11 is 0. The molecule has 1 fully saturated rings. The van der Waals surface area contributed by atoms with E-state index in [2.05, 4.69) is 91.5 Å². The average Bonchev–Trinajstić information content (AvgIpc) is 3.06. The zero-order valence-corrected chi connectivity index (χ0v) is 19.2. The zero-order chi connectivity index (χ0) is 22.2. The van der Waals surface area contributed by atoms with Crippen LogP contribution in [0.15, 0.2) is 78.2 Å². The van der Waals surface area contributed by atoms with Gasteiger partial charge in [0, 0.05) is 29.4 Å². The highest BCUT2D eigenvalue weighted by molar-refractivity contribution is 5.62. The fourth-order valence-corrected chi connectivity index (χ4v) is 4.94. The van der Waals surface area contributed by atoms with Crippen molar-refractivity contribution in [3.8, 4) is 0 Å². The molecule has 0 saturated carbocycles. The summed E-state index contributed by atoms with van der Waals surface area (Å²) in [6.45, 7) is 13.4. The molecule has 0 aromatic heterocycles. The first-order valence-electron chi connectivity index (χ1n) is 11.4. The van der Waals surface area contributed by atoms with Crippen molar-refractivity contribution in [3.05, 3.63) is 89.3 Å². The summed E-state index contributed by atoms with van der Waals surface area (Å²) in [5, 5.41) is 17.4. The summed E-state index contributed by atoms with van der Waals surface area (Å²) in [4.78, 5) is 2.49. The van der Waals surface area contributed by atoms with E-state index in [1.807, 2.05) is 13.0 Å². The lowest BCUT2D eigenvalue weighted by Crippen LogP contribution is -2.50. The molecule has 0 bridgehead atoms. The molecule has 3 atom stereocenters. The van der Waals surface area contributed by atoms with Crippen LogP contribution in [0.1, 0.15) is 51.7 Å². The smallest absolute Gasteiger partial charge is 0.182 e. The van der Waals surface area contributed by atoms with Gasteiger partial charge in [0.2, 0.25) is 0 Å². The van der Waals surface area contributed by atoms with Gasteiger partial charge in [-0.3, -0.25) is 5.32 Å². The third kappa shape index (κ3) is 4.28. The minimum absolute atomic E-state index is 0.339. The summed E-state index contributed by atoms with van der Waals surface area (Å²) in [6, 6.07) is 8.69. The zero-order valence-electron chi connectivity index (χ0n) is 19.2. The van der Waals surface area contributed by atoms with Gasteiger partial charge in [0.25, 0.3) is 0 Å². The highest BCUT2D eigenvalue weighted by Crippen LogP contribution is 2.43. The topological polar surface area (TPSA) is 47.5 Å². The monoisotopic (exact) mass is 417 g/mol. The molecule has 0 amide bonds. The lowest BCUT2D eigenvalue weighted by Gasteiger charge is -2.32. The molecule has 2 aliphatic carbocycles. The third-order valence-corrected chi connectivity index (χ3v) is 6.61. The van der Waals surface area contributed by atoms with Gasteiger partial charge in [0.15, 0.2) is 6.35 Å². The number of nitrogens with zero attached hydrogens (tertiary/aromatic N) is 1. The van der Waals surface area contributed by atoms with Crippen molar-refractivity contribution in [2.75, 3.05) is 6.54 Å². The van der Waals surface area contributed by atoms with Crippen LogP contribution >= 0.6 is 0 Å². The van der Waals surface area contributed by atoms with Gasteiger partial charge in [0.05, 0.1) is 6.04 Å². The second kappa shape index (κ2) is 8.52. The number of aliphatic hydroxyl groups excluding tert-OH is 1. The fourth-order valence-electron chi connectivity index (χ4n) is 4.94. The van der Waals surface area contributed by atoms with Gasteiger partial charge in [-0.05, 0) is 69.4 Å². The summed E-state index contributed by atoms with van der Waals surface area (Å²) in [6.07, 6.45) is 12.8. The lowest BCUT2D eigenvalue weighted by molar-refractivity contribution is 0.0793. The highest BCUT2D eigenvalue weighted by atomic mass is 16.3. The van der Waals surface area contributed by atoms with Crippen LogP contribution in [0.5, 0.6) is 0 Å². The quantitative estimate of drug-likeness (QED) is 0.559. The number of hydrogen-bond donors (Lipinski definition) is 3. The first-order valence-corrected chi connectivity index (χ1v) is 11.4. The predicted molar refractivity (Wildman–Crippen MR) is 129 cm³/mol. The molecule has 0 spiro atoms. The Hall–Kier alpha value is -2.56. The van der Waals surface area contributed by atoms with E-state index >= 15 is 0 Å². The minimum Gasteiger partial charge on any atom is -0.364 e. The van der Waals surface area contributed by atoms with Crippen LogP contribution < -0.4 is 10.6 Å². The lowest BCUT2D eigenvalue weighted by atomic mass is 9.88. The van der Waals surface area contributed by atoms with Crippen molar-refractivity contribution in [1.82, 2.24) is 15.5 Å². The minimum atomic E-state index is -0.866. The number of aliphatic hydroxyl groups is 1. The van der Waals surface area contributed by atoms with E-state index in [1.54, 1.807) is 0 Å². The maximum absolute atomic E-state index is 10.8. The number of benzene rings is 1. The fraction of sp³-hybridized carbons (Fsp3) is 0.407. The van der Waals surface area contributed by atoms with E-state index in [1.165, 1.54) is 11.3 Å². The number of nitrogens with one attached hydrogen (secondary N) is 2. The molecule has 3 N–H and O–H groups in total. The van der Waals surface area contributed by atoms with Crippen molar-refractivity contribution >= 4 is 5.57 Å². The van der Waals surface area contributed by atoms with Gasteiger partial charge < -0.3 is 15.3 Å². The first-order chi connectivity index (χ1) is 14.8. The van der Waals surface area contributed by atoms with E-state index in [9.17, 15) is 5.11 Å². The predicted octanol–water partition coefficient (Wildman–Crippen LogP) is 4.79. The maximum atomic E-state index is 10.8. The number of fused-ring (bicyclic) bond motifs is 3. The number of rotatable bonds is 7. The van der Waals surface area contributed by atoms with Crippen LogP contribution in [0.3, 0.4) is 0 Å². The van der Waals surface area contributed by atoms with Crippen LogP contribution in [-0.4, -0.2) is 28.9 Å². The Bertz CT molecular complexity index is 982. The van der Waals surface area contributed by atoms with Crippen LogP contribution in [-0.2, 0) is 5.54 Å². The largest absolute Gasteiger partial charge is 0.364 e. The summed E-state index contributed by atoms with van der Waals surface area (Å²) in [7, 11) is 0. The molecule has 1 aliphatic heterocycles. The van der Waals surface area contributed by atoms with Gasteiger partial charge >= 0.3 is 0 Å². The molecule has 164 valence electrons. The molecule has 4 heteroatoms. The molecule has 4 rings (SSSR count). The van der Waals surface area contributed by atoms with E-state index in [0.717, 1.165) is 41.8 Å². The Kier molecular flexibility index (Phi) is 5.96. The Balaban J connectivity index is 1.47. The van der Waals surface area contributed by atoms with Crippen LogP contribution in [0, 0.1) is 5.92 Å². The summed E-state index contributed by atoms with van der Waals surface area (Å²) in [5.41, 5.74) is 6.63. The number of allylic oxidation sites excluding steroid dienone is 5. The molecule has 1 heterocycles. The molecule has 3 unspecified atom stereocenters. The summed E-state index contributed by atoms with van der Waals surface area (Å²) < 4.78 is 0. The van der Waals surface area contributed by atoms with Gasteiger partial charge in [-0.2, -0.15) is 0 Å². The summed E-state index contributed by atoms with van der Waals surface area (Å²) in [5.74, 6) is 0.339. The number of likely N-dealkylation sites (N-methyl/N-ethyl adjacent to an activating group) is 1. The van der Waals surface area contributed by atoms with Crippen LogP contribution in [0.4, 0.5) is 0 Å². The Morgan fingerprint density at radius 3 is 2.81 bits per heavy atom. The van der Waals surface area contributed by atoms with Gasteiger partial charge in [-0.15, -0.1) is 0 Å². The second-order valence-electron chi connectivity index (χ2n) is 9.29. The van der Waals surface area contributed by atoms with Gasteiger partial charge in [0.1, 0.15) is 0 Å². The van der Waals surface area contributed by atoms with Gasteiger partial charge in [-0.1, -0.05) is 54.7 Å².